The van der Waals surface area contributed by atoms with Crippen LogP contribution in [0, 0.1) is 0 Å². The van der Waals surface area contributed by atoms with Gasteiger partial charge in [0.1, 0.15) is 47.1 Å². The molecule has 0 amide bonds. The van der Waals surface area contributed by atoms with Crippen molar-refractivity contribution < 1.29 is 69.8 Å². The molecule has 0 saturated carbocycles. The van der Waals surface area contributed by atoms with Crippen LogP contribution in [0.5, 0.6) is 40.2 Å². The van der Waals surface area contributed by atoms with E-state index in [-0.39, 0.29) is 11.3 Å². The van der Waals surface area contributed by atoms with E-state index >= 15 is 0 Å². The van der Waals surface area contributed by atoms with Gasteiger partial charge in [-0.05, 0) is 30.3 Å². The summed E-state index contributed by atoms with van der Waals surface area (Å²) in [5, 5.41) is 101. The number of aliphatic hydroxyl groups excluding tert-OH is 3. The summed E-state index contributed by atoms with van der Waals surface area (Å²) >= 11 is 0. The van der Waals surface area contributed by atoms with Crippen LogP contribution in [0.15, 0.2) is 51.7 Å². The number of aliphatic hydroxyl groups is 3. The van der Waals surface area contributed by atoms with Gasteiger partial charge in [0.2, 0.25) is 0 Å². The number of carbonyl (C=O) groups excluding carboxylic acids is 1. The van der Waals surface area contributed by atoms with Gasteiger partial charge in [0.05, 0.1) is 17.7 Å². The Morgan fingerprint density at radius 3 is 2.09 bits per heavy atom. The highest BCUT2D eigenvalue weighted by Crippen LogP contribution is 2.45. The molecule has 0 unspecified atom stereocenters. The fourth-order valence-corrected chi connectivity index (χ4v) is 4.78. The van der Waals surface area contributed by atoms with Gasteiger partial charge in [-0.2, -0.15) is 0 Å². The van der Waals surface area contributed by atoms with Crippen molar-refractivity contribution in [2.75, 3.05) is 6.61 Å². The topological polar surface area (TPSA) is 268 Å². The zero-order valence-electron chi connectivity index (χ0n) is 21.6. The molecule has 1 fully saturated rings. The summed E-state index contributed by atoms with van der Waals surface area (Å²) in [7, 11) is 0. The minimum atomic E-state index is -2.01. The molecule has 226 valence electrons. The Labute approximate surface area is 239 Å². The van der Waals surface area contributed by atoms with Crippen LogP contribution in [0.2, 0.25) is 0 Å². The Morgan fingerprint density at radius 2 is 1.47 bits per heavy atom. The molecule has 15 nitrogen and oxygen atoms in total. The molecule has 5 rings (SSSR count). The number of rotatable bonds is 5. The maximum absolute atomic E-state index is 13.1. The third kappa shape index (κ3) is 5.06. The normalized spacial score (nSPS) is 22.0. The second-order valence-electron chi connectivity index (χ2n) is 9.70. The van der Waals surface area contributed by atoms with E-state index < -0.39 is 111 Å². The summed E-state index contributed by atoms with van der Waals surface area (Å²) in [5.74, 6) is -6.79. The number of benzene rings is 3. The van der Waals surface area contributed by atoms with Crippen molar-refractivity contribution in [3.63, 3.8) is 0 Å². The van der Waals surface area contributed by atoms with Crippen LogP contribution in [0.1, 0.15) is 22.0 Å². The molecule has 0 bridgehead atoms. The van der Waals surface area contributed by atoms with Crippen molar-refractivity contribution in [1.29, 1.82) is 0 Å². The molecule has 3 aromatic carbocycles. The van der Waals surface area contributed by atoms with Crippen molar-refractivity contribution in [2.45, 2.75) is 30.5 Å². The Kier molecular flexibility index (Phi) is 7.41. The maximum Gasteiger partial charge on any atom is 0.338 e. The Hall–Kier alpha value is -5.22. The van der Waals surface area contributed by atoms with Crippen LogP contribution in [0.3, 0.4) is 0 Å². The van der Waals surface area contributed by atoms with Crippen molar-refractivity contribution >= 4 is 16.9 Å². The summed E-state index contributed by atoms with van der Waals surface area (Å²) in [4.78, 5) is 26.1. The molecule has 15 heteroatoms. The lowest BCUT2D eigenvalue weighted by molar-refractivity contribution is -0.231. The van der Waals surface area contributed by atoms with E-state index in [9.17, 15) is 60.7 Å². The first-order chi connectivity index (χ1) is 20.3. The third-order valence-electron chi connectivity index (χ3n) is 6.96. The number of hydrogen-bond acceptors (Lipinski definition) is 15. The lowest BCUT2D eigenvalue weighted by Crippen LogP contribution is -2.56. The quantitative estimate of drug-likeness (QED) is 0.112. The fourth-order valence-electron chi connectivity index (χ4n) is 4.78. The Morgan fingerprint density at radius 1 is 0.791 bits per heavy atom. The standard InChI is InChI=1S/C28H24O15/c29-8-19-23(38)24(39)27(43-28(40)10-4-16(35)22(37)17(36)5-10)26(42-19)21-14(33)6-13(32)20-15(34)7-18(41-25(20)21)9-1-2-11(30)12(31)3-9/h1-7,19,23-24,26-27,29-33,35-39H,8H2/t19-,23-,24+,26+,27-/m1/s1. The van der Waals surface area contributed by atoms with Crippen molar-refractivity contribution in [2.24, 2.45) is 0 Å². The van der Waals surface area contributed by atoms with Gasteiger partial charge < -0.3 is 65.0 Å². The molecular weight excluding hydrogens is 576 g/mol. The molecule has 10 N–H and O–H groups in total. The Balaban J connectivity index is 1.69. The SMILES string of the molecule is O=C(O[C@@H]1[C@@H](O)[C@H](O)[C@@H](CO)O[C@H]1c1c(O)cc(O)c2c(=O)cc(-c3ccc(O)c(O)c3)oc12)c1cc(O)c(O)c(O)c1. The molecule has 0 spiro atoms. The number of phenolic OH excluding ortho intramolecular Hbond substituents is 7. The first kappa shape index (κ1) is 29.3. The molecule has 4 aromatic rings. The number of carbonyl (C=O) groups is 1. The largest absolute Gasteiger partial charge is 0.507 e. The number of phenols is 7. The van der Waals surface area contributed by atoms with Crippen molar-refractivity contribution in [3.05, 3.63) is 63.8 Å². The van der Waals surface area contributed by atoms with Crippen LogP contribution < -0.4 is 5.43 Å². The zero-order chi connectivity index (χ0) is 31.3. The summed E-state index contributed by atoms with van der Waals surface area (Å²) < 4.78 is 16.9. The summed E-state index contributed by atoms with van der Waals surface area (Å²) in [6, 6.07) is 6.64. The smallest absolute Gasteiger partial charge is 0.338 e. The number of ether oxygens (including phenoxy) is 2. The van der Waals surface area contributed by atoms with Gasteiger partial charge in [-0.1, -0.05) is 0 Å². The van der Waals surface area contributed by atoms with Crippen LogP contribution >= 0.6 is 0 Å². The first-order valence-corrected chi connectivity index (χ1v) is 12.5. The molecule has 0 radical (unpaired) electrons. The minimum absolute atomic E-state index is 0.0752. The van der Waals surface area contributed by atoms with E-state index in [1.165, 1.54) is 6.07 Å². The van der Waals surface area contributed by atoms with Gasteiger partial charge in [-0.3, -0.25) is 4.79 Å². The predicted molar refractivity (Wildman–Crippen MR) is 142 cm³/mol. The number of hydrogen-bond donors (Lipinski definition) is 10. The highest BCUT2D eigenvalue weighted by molar-refractivity contribution is 5.92. The van der Waals surface area contributed by atoms with E-state index in [1.807, 2.05) is 0 Å². The van der Waals surface area contributed by atoms with Gasteiger partial charge in [-0.25, -0.2) is 4.79 Å². The van der Waals surface area contributed by atoms with Gasteiger partial charge in [0.25, 0.3) is 0 Å². The highest BCUT2D eigenvalue weighted by Gasteiger charge is 2.49. The van der Waals surface area contributed by atoms with E-state index in [0.717, 1.165) is 36.4 Å². The average Bonchev–Trinajstić information content (AvgIpc) is 2.95. The fraction of sp³-hybridized carbons (Fsp3) is 0.214. The lowest BCUT2D eigenvalue weighted by Gasteiger charge is -2.42. The monoisotopic (exact) mass is 600 g/mol. The molecular formula is C28H24O15. The number of esters is 1. The third-order valence-corrected chi connectivity index (χ3v) is 6.96. The van der Waals surface area contributed by atoms with Crippen LogP contribution in [-0.2, 0) is 9.47 Å². The molecule has 1 aromatic heterocycles. The van der Waals surface area contributed by atoms with Crippen LogP contribution in [-0.4, -0.2) is 88.1 Å². The van der Waals surface area contributed by atoms with E-state index in [4.69, 9.17) is 13.9 Å². The second-order valence-corrected chi connectivity index (χ2v) is 9.70. The summed E-state index contributed by atoms with van der Waals surface area (Å²) in [5.41, 5.74) is -2.28. The van der Waals surface area contributed by atoms with Crippen molar-refractivity contribution in [1.82, 2.24) is 0 Å². The lowest BCUT2D eigenvalue weighted by atomic mass is 9.89. The van der Waals surface area contributed by atoms with E-state index in [1.54, 1.807) is 0 Å². The Bertz CT molecular complexity index is 1770. The first-order valence-electron chi connectivity index (χ1n) is 12.5. The number of aromatic hydroxyl groups is 7. The van der Waals surface area contributed by atoms with Gasteiger partial charge in [0.15, 0.2) is 45.9 Å². The maximum atomic E-state index is 13.1. The zero-order valence-corrected chi connectivity index (χ0v) is 21.6. The van der Waals surface area contributed by atoms with Crippen molar-refractivity contribution in [3.8, 4) is 51.6 Å². The molecule has 5 atom stereocenters. The summed E-state index contributed by atoms with van der Waals surface area (Å²) in [6.45, 7) is -0.867. The minimum Gasteiger partial charge on any atom is -0.507 e. The molecule has 1 saturated heterocycles. The molecule has 2 heterocycles. The molecule has 1 aliphatic rings. The van der Waals surface area contributed by atoms with Crippen LogP contribution in [0.4, 0.5) is 0 Å². The van der Waals surface area contributed by atoms with Gasteiger partial charge in [0, 0.05) is 17.7 Å². The second kappa shape index (κ2) is 10.9. The molecule has 43 heavy (non-hydrogen) atoms. The predicted octanol–water partition coefficient (Wildman–Crippen LogP) is 0.779. The molecule has 0 aliphatic carbocycles. The molecule has 1 aliphatic heterocycles. The van der Waals surface area contributed by atoms with E-state index in [0.29, 0.717) is 0 Å². The average molecular weight is 600 g/mol. The van der Waals surface area contributed by atoms with Crippen LogP contribution in [0.25, 0.3) is 22.3 Å². The van der Waals surface area contributed by atoms with E-state index in [2.05, 4.69) is 0 Å². The van der Waals surface area contributed by atoms with Gasteiger partial charge >= 0.3 is 5.97 Å². The van der Waals surface area contributed by atoms with Gasteiger partial charge in [-0.15, -0.1) is 0 Å². The number of fused-ring (bicyclic) bond motifs is 1. The highest BCUT2D eigenvalue weighted by atomic mass is 16.6. The summed E-state index contributed by atoms with van der Waals surface area (Å²) in [6.07, 6.45) is -9.11.